The zero-order valence-electron chi connectivity index (χ0n) is 17.2. The summed E-state index contributed by atoms with van der Waals surface area (Å²) in [4.78, 5) is 23.0. The number of hydrogen-bond donors (Lipinski definition) is 3. The Labute approximate surface area is 169 Å². The number of allylic oxidation sites excluding steroid dienone is 1. The van der Waals surface area contributed by atoms with E-state index in [-0.39, 0.29) is 12.0 Å². The third-order valence-corrected chi connectivity index (χ3v) is 6.76. The van der Waals surface area contributed by atoms with Gasteiger partial charge in [-0.2, -0.15) is 8.42 Å². The molecule has 0 radical (unpaired) electrons. The first-order valence-electron chi connectivity index (χ1n) is 10.1. The van der Waals surface area contributed by atoms with Crippen LogP contribution in [0.15, 0.2) is 12.2 Å². The van der Waals surface area contributed by atoms with E-state index >= 15 is 0 Å². The molecule has 0 aromatic rings. The second-order valence-electron chi connectivity index (χ2n) is 7.61. The zero-order chi connectivity index (χ0) is 21.8. The van der Waals surface area contributed by atoms with E-state index in [1.54, 1.807) is 0 Å². The molecule has 0 aliphatic heterocycles. The predicted molar refractivity (Wildman–Crippen MR) is 109 cm³/mol. The molecular formula is C20H36O7S. The van der Waals surface area contributed by atoms with Crippen molar-refractivity contribution in [2.24, 2.45) is 5.92 Å². The number of rotatable bonds is 17. The van der Waals surface area contributed by atoms with Crippen LogP contribution in [0.25, 0.3) is 0 Å². The Morgan fingerprint density at radius 2 is 1.36 bits per heavy atom. The topological polar surface area (TPSA) is 129 Å². The van der Waals surface area contributed by atoms with Gasteiger partial charge in [-0.25, -0.2) is 0 Å². The van der Waals surface area contributed by atoms with Crippen LogP contribution in [0.2, 0.25) is 0 Å². The molecule has 2 unspecified atom stereocenters. The van der Waals surface area contributed by atoms with Gasteiger partial charge in [0.05, 0.1) is 6.42 Å². The molecule has 164 valence electrons. The molecule has 7 nitrogen and oxygen atoms in total. The van der Waals surface area contributed by atoms with E-state index in [1.807, 2.05) is 0 Å². The van der Waals surface area contributed by atoms with Crippen molar-refractivity contribution < 1.29 is 32.8 Å². The Kier molecular flexibility index (Phi) is 12.3. The average molecular weight is 421 g/mol. The first-order chi connectivity index (χ1) is 13.0. The van der Waals surface area contributed by atoms with Gasteiger partial charge in [-0.3, -0.25) is 14.1 Å². The Balaban J connectivity index is 4.84. The predicted octanol–water partition coefficient (Wildman–Crippen LogP) is 4.68. The number of aliphatic carboxylic acids is 2. The smallest absolute Gasteiger partial charge is 0.328 e. The highest BCUT2D eigenvalue weighted by Crippen LogP contribution is 2.38. The molecule has 0 saturated heterocycles. The van der Waals surface area contributed by atoms with Gasteiger partial charge in [-0.05, 0) is 13.3 Å². The van der Waals surface area contributed by atoms with Gasteiger partial charge < -0.3 is 10.2 Å². The van der Waals surface area contributed by atoms with Crippen molar-refractivity contribution in [2.45, 2.75) is 95.6 Å². The van der Waals surface area contributed by atoms with Gasteiger partial charge >= 0.3 is 11.9 Å². The molecule has 0 amide bonds. The van der Waals surface area contributed by atoms with Crippen molar-refractivity contribution in [1.82, 2.24) is 0 Å². The summed E-state index contributed by atoms with van der Waals surface area (Å²) < 4.78 is 30.7. The fraction of sp³-hybridized carbons (Fsp3) is 0.800. The molecule has 28 heavy (non-hydrogen) atoms. The monoisotopic (exact) mass is 420 g/mol. The van der Waals surface area contributed by atoms with Gasteiger partial charge in [0.25, 0.3) is 10.1 Å². The summed E-state index contributed by atoms with van der Waals surface area (Å²) in [6, 6.07) is 0. The van der Waals surface area contributed by atoms with Crippen LogP contribution in [0.3, 0.4) is 0 Å². The maximum atomic E-state index is 11.9. The molecule has 0 aromatic carbocycles. The lowest BCUT2D eigenvalue weighted by Gasteiger charge is -2.33. The van der Waals surface area contributed by atoms with Crippen LogP contribution >= 0.6 is 0 Å². The SMILES string of the molecule is C=C(C)C(CCCCCCCCCCCC)C(CC(=O)O)(C(=O)O)S(=O)(=O)O. The first kappa shape index (κ1) is 26.6. The van der Waals surface area contributed by atoms with E-state index in [9.17, 15) is 27.7 Å². The van der Waals surface area contributed by atoms with Crippen LogP contribution in [0.4, 0.5) is 0 Å². The Bertz CT molecular complexity index is 612. The summed E-state index contributed by atoms with van der Waals surface area (Å²) in [6.45, 7) is 7.30. The molecule has 8 heteroatoms. The number of hydrogen-bond acceptors (Lipinski definition) is 4. The van der Waals surface area contributed by atoms with Crippen molar-refractivity contribution in [3.05, 3.63) is 12.2 Å². The molecule has 0 bridgehead atoms. The first-order valence-corrected chi connectivity index (χ1v) is 11.5. The van der Waals surface area contributed by atoms with Crippen LogP contribution in [0.1, 0.15) is 90.9 Å². The molecule has 0 heterocycles. The quantitative estimate of drug-likeness (QED) is 0.177. The minimum Gasteiger partial charge on any atom is -0.481 e. The summed E-state index contributed by atoms with van der Waals surface area (Å²) in [7, 11) is -5.17. The number of unbranched alkanes of at least 4 members (excludes halogenated alkanes) is 9. The Morgan fingerprint density at radius 1 is 0.929 bits per heavy atom. The van der Waals surface area contributed by atoms with Gasteiger partial charge in [-0.15, -0.1) is 0 Å². The van der Waals surface area contributed by atoms with Gasteiger partial charge in [0.1, 0.15) is 0 Å². The minimum absolute atomic E-state index is 0.144. The molecule has 0 fully saturated rings. The molecule has 0 saturated carbocycles. The number of carbonyl (C=O) groups is 2. The van der Waals surface area contributed by atoms with E-state index < -0.39 is 39.1 Å². The third kappa shape index (κ3) is 8.31. The van der Waals surface area contributed by atoms with Crippen molar-refractivity contribution >= 4 is 22.1 Å². The maximum absolute atomic E-state index is 11.9. The van der Waals surface area contributed by atoms with E-state index in [1.165, 1.54) is 39.0 Å². The van der Waals surface area contributed by atoms with Crippen molar-refractivity contribution in [3.63, 3.8) is 0 Å². The highest BCUT2D eigenvalue weighted by Gasteiger charge is 2.58. The molecule has 0 aromatic heterocycles. The van der Waals surface area contributed by atoms with Crippen LogP contribution in [-0.4, -0.2) is 39.9 Å². The largest absolute Gasteiger partial charge is 0.481 e. The summed E-state index contributed by atoms with van der Waals surface area (Å²) in [6.07, 6.45) is 9.55. The van der Waals surface area contributed by atoms with E-state index in [0.717, 1.165) is 25.7 Å². The molecular weight excluding hydrogens is 384 g/mol. The zero-order valence-corrected chi connectivity index (χ0v) is 18.0. The van der Waals surface area contributed by atoms with Gasteiger partial charge in [0.2, 0.25) is 4.75 Å². The van der Waals surface area contributed by atoms with Crippen molar-refractivity contribution in [2.75, 3.05) is 0 Å². The van der Waals surface area contributed by atoms with Gasteiger partial charge in [0.15, 0.2) is 0 Å². The molecule has 3 N–H and O–H groups in total. The maximum Gasteiger partial charge on any atom is 0.328 e. The highest BCUT2D eigenvalue weighted by molar-refractivity contribution is 7.88. The fourth-order valence-corrected chi connectivity index (χ4v) is 4.87. The van der Waals surface area contributed by atoms with Crippen LogP contribution < -0.4 is 0 Å². The molecule has 0 spiro atoms. The number of carboxylic acid groups (broad SMARTS) is 2. The lowest BCUT2D eigenvalue weighted by atomic mass is 9.80. The summed E-state index contributed by atoms with van der Waals surface area (Å²) in [5, 5.41) is 18.6. The van der Waals surface area contributed by atoms with Crippen molar-refractivity contribution in [3.8, 4) is 0 Å². The van der Waals surface area contributed by atoms with Crippen LogP contribution in [0.5, 0.6) is 0 Å². The second-order valence-corrected chi connectivity index (χ2v) is 9.29. The second kappa shape index (κ2) is 12.9. The Morgan fingerprint density at radius 3 is 1.68 bits per heavy atom. The van der Waals surface area contributed by atoms with E-state index in [0.29, 0.717) is 6.42 Å². The molecule has 0 aliphatic rings. The van der Waals surface area contributed by atoms with Gasteiger partial charge in [-0.1, -0.05) is 83.3 Å². The van der Waals surface area contributed by atoms with Crippen LogP contribution in [-0.2, 0) is 19.7 Å². The number of carboxylic acids is 2. The lowest BCUT2D eigenvalue weighted by Crippen LogP contribution is -2.54. The molecule has 2 atom stereocenters. The lowest BCUT2D eigenvalue weighted by molar-refractivity contribution is -0.148. The van der Waals surface area contributed by atoms with Gasteiger partial charge in [0, 0.05) is 5.92 Å². The van der Waals surface area contributed by atoms with Crippen LogP contribution in [0, 0.1) is 5.92 Å². The molecule has 0 aliphatic carbocycles. The van der Waals surface area contributed by atoms with E-state index in [2.05, 4.69) is 13.5 Å². The average Bonchev–Trinajstić information content (AvgIpc) is 2.56. The highest BCUT2D eigenvalue weighted by atomic mass is 32.2. The van der Waals surface area contributed by atoms with E-state index in [4.69, 9.17) is 5.11 Å². The normalized spacial score (nSPS) is 15.0. The summed E-state index contributed by atoms with van der Waals surface area (Å²) in [5.74, 6) is -4.64. The van der Waals surface area contributed by atoms with Crippen molar-refractivity contribution in [1.29, 1.82) is 0 Å². The summed E-state index contributed by atoms with van der Waals surface area (Å²) >= 11 is 0. The third-order valence-electron chi connectivity index (χ3n) is 5.24. The Hall–Kier alpha value is -1.41. The molecule has 0 rings (SSSR count). The standard InChI is InChI=1S/C20H36O7S/c1-4-5-6-7-8-9-10-11-12-13-14-17(16(2)3)20(19(23)24,15-18(21)22)28(25,26)27/h17H,2,4-15H2,1,3H3,(H,21,22)(H,23,24)(H,25,26,27). The summed E-state index contributed by atoms with van der Waals surface area (Å²) in [5.41, 5.74) is 0.234. The fourth-order valence-electron chi connectivity index (χ4n) is 3.67. The minimum atomic E-state index is -5.17.